The van der Waals surface area contributed by atoms with Crippen molar-refractivity contribution >= 4 is 17.5 Å². The molecule has 1 aliphatic rings. The van der Waals surface area contributed by atoms with Crippen molar-refractivity contribution in [2.75, 3.05) is 38.7 Å². The standard InChI is InChI=1S/C20H31N3O3/c1-15(2)11-16(13-22(3)4)21-19(24)14-26-18-8-5-7-17(12-18)23-10-6-9-20(23)25/h5,7-8,12,15-16H,6,9-11,13-14H2,1-4H3,(H,21,24). The number of hydrogen-bond donors (Lipinski definition) is 1. The Morgan fingerprint density at radius 2 is 2.12 bits per heavy atom. The van der Waals surface area contributed by atoms with E-state index in [0.29, 0.717) is 18.1 Å². The summed E-state index contributed by atoms with van der Waals surface area (Å²) < 4.78 is 5.65. The highest BCUT2D eigenvalue weighted by Gasteiger charge is 2.22. The maximum Gasteiger partial charge on any atom is 0.258 e. The number of amides is 2. The van der Waals surface area contributed by atoms with Gasteiger partial charge in [0.2, 0.25) is 5.91 Å². The minimum atomic E-state index is -0.125. The molecule has 0 bridgehead atoms. The van der Waals surface area contributed by atoms with E-state index in [0.717, 1.165) is 31.6 Å². The zero-order valence-corrected chi connectivity index (χ0v) is 16.3. The van der Waals surface area contributed by atoms with Crippen LogP contribution in [0, 0.1) is 5.92 Å². The number of likely N-dealkylation sites (N-methyl/N-ethyl adjacent to an activating group) is 1. The van der Waals surface area contributed by atoms with Crippen LogP contribution in [0.25, 0.3) is 0 Å². The minimum Gasteiger partial charge on any atom is -0.484 e. The van der Waals surface area contributed by atoms with Crippen molar-refractivity contribution in [3.05, 3.63) is 24.3 Å². The zero-order chi connectivity index (χ0) is 19.1. The van der Waals surface area contributed by atoms with E-state index < -0.39 is 0 Å². The number of carbonyl (C=O) groups excluding carboxylic acids is 2. The lowest BCUT2D eigenvalue weighted by atomic mass is 10.0. The van der Waals surface area contributed by atoms with Gasteiger partial charge in [-0.1, -0.05) is 19.9 Å². The summed E-state index contributed by atoms with van der Waals surface area (Å²) >= 11 is 0. The summed E-state index contributed by atoms with van der Waals surface area (Å²) in [6, 6.07) is 7.48. The van der Waals surface area contributed by atoms with Gasteiger partial charge in [-0.15, -0.1) is 0 Å². The summed E-state index contributed by atoms with van der Waals surface area (Å²) in [7, 11) is 4.00. The van der Waals surface area contributed by atoms with Crippen molar-refractivity contribution in [3.63, 3.8) is 0 Å². The molecule has 6 nitrogen and oxygen atoms in total. The topological polar surface area (TPSA) is 61.9 Å². The highest BCUT2D eigenvalue weighted by Crippen LogP contribution is 2.25. The maximum atomic E-state index is 12.3. The number of hydrogen-bond acceptors (Lipinski definition) is 4. The van der Waals surface area contributed by atoms with Crippen molar-refractivity contribution in [2.24, 2.45) is 5.92 Å². The molecule has 1 saturated heterocycles. The largest absolute Gasteiger partial charge is 0.484 e. The molecule has 1 atom stereocenters. The van der Waals surface area contributed by atoms with Crippen molar-refractivity contribution in [2.45, 2.75) is 39.2 Å². The van der Waals surface area contributed by atoms with Crippen molar-refractivity contribution in [3.8, 4) is 5.75 Å². The zero-order valence-electron chi connectivity index (χ0n) is 16.3. The first-order valence-corrected chi connectivity index (χ1v) is 9.32. The van der Waals surface area contributed by atoms with E-state index in [2.05, 4.69) is 24.1 Å². The SMILES string of the molecule is CC(C)CC(CN(C)C)NC(=O)COc1cccc(N2CCCC2=O)c1. The Morgan fingerprint density at radius 1 is 1.35 bits per heavy atom. The van der Waals surface area contributed by atoms with Crippen LogP contribution < -0.4 is 15.0 Å². The Labute approximate surface area is 156 Å². The summed E-state index contributed by atoms with van der Waals surface area (Å²) in [4.78, 5) is 28.0. The molecule has 0 aliphatic carbocycles. The van der Waals surface area contributed by atoms with Gasteiger partial charge in [0, 0.05) is 37.3 Å². The van der Waals surface area contributed by atoms with Gasteiger partial charge in [0.1, 0.15) is 5.75 Å². The van der Waals surface area contributed by atoms with Crippen LogP contribution in [0.2, 0.25) is 0 Å². The molecule has 1 unspecified atom stereocenters. The van der Waals surface area contributed by atoms with Crippen LogP contribution in [0.15, 0.2) is 24.3 Å². The van der Waals surface area contributed by atoms with Crippen LogP contribution in [0.1, 0.15) is 33.1 Å². The Bertz CT molecular complexity index is 606. The van der Waals surface area contributed by atoms with Gasteiger partial charge in [-0.05, 0) is 45.0 Å². The second-order valence-electron chi connectivity index (χ2n) is 7.59. The highest BCUT2D eigenvalue weighted by molar-refractivity contribution is 5.95. The summed E-state index contributed by atoms with van der Waals surface area (Å²) in [5.74, 6) is 1.13. The van der Waals surface area contributed by atoms with E-state index in [1.165, 1.54) is 0 Å². The summed E-state index contributed by atoms with van der Waals surface area (Å²) in [6.07, 6.45) is 2.41. The fraction of sp³-hybridized carbons (Fsp3) is 0.600. The molecule has 1 fully saturated rings. The van der Waals surface area contributed by atoms with Gasteiger partial charge in [0.15, 0.2) is 6.61 Å². The number of anilines is 1. The number of carbonyl (C=O) groups is 2. The predicted molar refractivity (Wildman–Crippen MR) is 103 cm³/mol. The second kappa shape index (κ2) is 9.57. The van der Waals surface area contributed by atoms with Gasteiger partial charge in [0.05, 0.1) is 0 Å². The van der Waals surface area contributed by atoms with Crippen molar-refractivity contribution in [1.29, 1.82) is 0 Å². The maximum absolute atomic E-state index is 12.3. The molecule has 1 aromatic rings. The van der Waals surface area contributed by atoms with Gasteiger partial charge < -0.3 is 19.9 Å². The molecule has 0 radical (unpaired) electrons. The van der Waals surface area contributed by atoms with E-state index in [4.69, 9.17) is 4.74 Å². The van der Waals surface area contributed by atoms with Gasteiger partial charge in [-0.2, -0.15) is 0 Å². The van der Waals surface area contributed by atoms with Crippen LogP contribution in [0.5, 0.6) is 5.75 Å². The quantitative estimate of drug-likeness (QED) is 0.733. The fourth-order valence-corrected chi connectivity index (χ4v) is 3.27. The first-order chi connectivity index (χ1) is 12.3. The molecular formula is C20H31N3O3. The summed E-state index contributed by atoms with van der Waals surface area (Å²) in [6.45, 7) is 5.81. The van der Waals surface area contributed by atoms with Crippen LogP contribution in [-0.4, -0.2) is 56.5 Å². The molecule has 1 aliphatic heterocycles. The minimum absolute atomic E-state index is 0.0283. The second-order valence-corrected chi connectivity index (χ2v) is 7.59. The predicted octanol–water partition coefficient (Wildman–Crippen LogP) is 2.28. The Balaban J connectivity index is 1.89. The molecule has 6 heteroatoms. The number of ether oxygens (including phenoxy) is 1. The first-order valence-electron chi connectivity index (χ1n) is 9.32. The molecule has 2 amide bonds. The van der Waals surface area contributed by atoms with Crippen LogP contribution >= 0.6 is 0 Å². The third kappa shape index (κ3) is 6.33. The molecule has 1 N–H and O–H groups in total. The van der Waals surface area contributed by atoms with E-state index in [9.17, 15) is 9.59 Å². The fourth-order valence-electron chi connectivity index (χ4n) is 3.27. The molecule has 144 valence electrons. The van der Waals surface area contributed by atoms with Crippen LogP contribution in [-0.2, 0) is 9.59 Å². The number of rotatable bonds is 9. The monoisotopic (exact) mass is 361 g/mol. The Kier molecular flexibility index (Phi) is 7.45. The number of benzene rings is 1. The normalized spacial score (nSPS) is 15.6. The van der Waals surface area contributed by atoms with E-state index in [1.54, 1.807) is 4.90 Å². The molecule has 0 saturated carbocycles. The average molecular weight is 361 g/mol. The number of nitrogens with zero attached hydrogens (tertiary/aromatic N) is 2. The highest BCUT2D eigenvalue weighted by atomic mass is 16.5. The van der Waals surface area contributed by atoms with Crippen LogP contribution in [0.3, 0.4) is 0 Å². The summed E-state index contributed by atoms with van der Waals surface area (Å²) in [5, 5.41) is 3.06. The van der Waals surface area contributed by atoms with E-state index >= 15 is 0 Å². The van der Waals surface area contributed by atoms with Crippen molar-refractivity contribution in [1.82, 2.24) is 10.2 Å². The molecule has 1 aromatic carbocycles. The smallest absolute Gasteiger partial charge is 0.258 e. The van der Waals surface area contributed by atoms with Crippen LogP contribution in [0.4, 0.5) is 5.69 Å². The first kappa shape index (κ1) is 20.2. The third-order valence-corrected chi connectivity index (χ3v) is 4.28. The average Bonchev–Trinajstić information content (AvgIpc) is 2.98. The number of nitrogens with one attached hydrogen (secondary N) is 1. The van der Waals surface area contributed by atoms with Crippen molar-refractivity contribution < 1.29 is 14.3 Å². The molecule has 2 rings (SSSR count). The Hall–Kier alpha value is -2.08. The van der Waals surface area contributed by atoms with E-state index in [-0.39, 0.29) is 24.5 Å². The molecule has 0 spiro atoms. The van der Waals surface area contributed by atoms with Gasteiger partial charge in [-0.25, -0.2) is 0 Å². The molecule has 0 aromatic heterocycles. The third-order valence-electron chi connectivity index (χ3n) is 4.28. The lowest BCUT2D eigenvalue weighted by Gasteiger charge is -2.24. The lowest BCUT2D eigenvalue weighted by molar-refractivity contribution is -0.124. The van der Waals surface area contributed by atoms with Gasteiger partial charge in [0.25, 0.3) is 5.91 Å². The van der Waals surface area contributed by atoms with Gasteiger partial charge in [-0.3, -0.25) is 9.59 Å². The Morgan fingerprint density at radius 3 is 2.73 bits per heavy atom. The molecule has 1 heterocycles. The van der Waals surface area contributed by atoms with E-state index in [1.807, 2.05) is 38.4 Å². The molecule has 26 heavy (non-hydrogen) atoms. The lowest BCUT2D eigenvalue weighted by Crippen LogP contribution is -2.44. The summed E-state index contributed by atoms with van der Waals surface area (Å²) in [5.41, 5.74) is 0.829. The van der Waals surface area contributed by atoms with Gasteiger partial charge >= 0.3 is 0 Å². The molecular weight excluding hydrogens is 330 g/mol.